The molecule has 1 amide bonds. The van der Waals surface area contributed by atoms with Crippen LogP contribution >= 0.6 is 0 Å². The lowest BCUT2D eigenvalue weighted by Gasteiger charge is -2.56. The van der Waals surface area contributed by atoms with E-state index in [0.717, 1.165) is 17.8 Å². The van der Waals surface area contributed by atoms with Crippen LogP contribution in [0.15, 0.2) is 18.3 Å². The van der Waals surface area contributed by atoms with Crippen LogP contribution in [0.1, 0.15) is 48.9 Å². The Morgan fingerprint density at radius 2 is 1.81 bits per heavy atom. The molecule has 5 rings (SSSR count). The van der Waals surface area contributed by atoms with Gasteiger partial charge >= 0.3 is 0 Å². The summed E-state index contributed by atoms with van der Waals surface area (Å²) in [5.41, 5.74) is 0.692. The second-order valence-corrected chi connectivity index (χ2v) is 7.24. The standard InChI is InChI=1S/C17H22N2O2/c1-21-15-3-2-14(10-18-15)16(20)19-17-7-11-4-12(8-17)6-13(5-11)9-17/h2-3,10-13H,4-9H2,1H3,(H,19,20). The predicted molar refractivity (Wildman–Crippen MR) is 79.2 cm³/mol. The van der Waals surface area contributed by atoms with Crippen LogP contribution < -0.4 is 10.1 Å². The van der Waals surface area contributed by atoms with Crippen molar-refractivity contribution in [3.63, 3.8) is 0 Å². The highest BCUT2D eigenvalue weighted by Gasteiger charge is 2.51. The summed E-state index contributed by atoms with van der Waals surface area (Å²) in [6.07, 6.45) is 9.29. The van der Waals surface area contributed by atoms with Crippen molar-refractivity contribution in [1.82, 2.24) is 10.3 Å². The molecule has 0 aromatic carbocycles. The third-order valence-corrected chi connectivity index (χ3v) is 5.62. The molecule has 0 radical (unpaired) electrons. The molecule has 4 bridgehead atoms. The van der Waals surface area contributed by atoms with E-state index >= 15 is 0 Å². The van der Waals surface area contributed by atoms with Crippen LogP contribution in [0.5, 0.6) is 5.88 Å². The van der Waals surface area contributed by atoms with E-state index < -0.39 is 0 Å². The van der Waals surface area contributed by atoms with Gasteiger partial charge in [0.25, 0.3) is 5.91 Å². The number of aromatic nitrogens is 1. The quantitative estimate of drug-likeness (QED) is 0.929. The fourth-order valence-electron chi connectivity index (χ4n) is 5.21. The Hall–Kier alpha value is -1.58. The molecular weight excluding hydrogens is 264 g/mol. The Kier molecular flexibility index (Phi) is 2.95. The number of pyridine rings is 1. The van der Waals surface area contributed by atoms with Gasteiger partial charge in [0, 0.05) is 17.8 Å². The van der Waals surface area contributed by atoms with Crippen LogP contribution in [0.4, 0.5) is 0 Å². The maximum absolute atomic E-state index is 12.5. The van der Waals surface area contributed by atoms with Gasteiger partial charge in [-0.15, -0.1) is 0 Å². The smallest absolute Gasteiger partial charge is 0.253 e. The van der Waals surface area contributed by atoms with Gasteiger partial charge in [0.1, 0.15) is 0 Å². The number of nitrogens with zero attached hydrogens (tertiary/aromatic N) is 1. The second-order valence-electron chi connectivity index (χ2n) is 7.24. The van der Waals surface area contributed by atoms with Crippen molar-refractivity contribution in [2.24, 2.45) is 17.8 Å². The van der Waals surface area contributed by atoms with Gasteiger partial charge < -0.3 is 10.1 Å². The van der Waals surface area contributed by atoms with Gasteiger partial charge in [0.15, 0.2) is 0 Å². The highest BCUT2D eigenvalue weighted by molar-refractivity contribution is 5.94. The van der Waals surface area contributed by atoms with Crippen molar-refractivity contribution in [3.05, 3.63) is 23.9 Å². The summed E-state index contributed by atoms with van der Waals surface area (Å²) in [5, 5.41) is 3.36. The molecule has 4 aliphatic carbocycles. The number of rotatable bonds is 3. The largest absolute Gasteiger partial charge is 0.481 e. The summed E-state index contributed by atoms with van der Waals surface area (Å²) in [6.45, 7) is 0. The molecule has 4 fully saturated rings. The van der Waals surface area contributed by atoms with Gasteiger partial charge in [0.2, 0.25) is 5.88 Å². The normalized spacial score (nSPS) is 36.5. The Morgan fingerprint density at radius 3 is 2.29 bits per heavy atom. The first-order valence-corrected chi connectivity index (χ1v) is 7.98. The lowest BCUT2D eigenvalue weighted by Crippen LogP contribution is -2.59. The SMILES string of the molecule is COc1ccc(C(=O)NC23CC4CC(CC(C4)C2)C3)cn1. The molecule has 1 N–H and O–H groups in total. The molecule has 112 valence electrons. The van der Waals surface area contributed by atoms with Crippen LogP contribution in [-0.2, 0) is 0 Å². The molecule has 1 aromatic rings. The second kappa shape index (κ2) is 4.72. The van der Waals surface area contributed by atoms with E-state index in [1.807, 2.05) is 0 Å². The minimum atomic E-state index is 0.0205. The van der Waals surface area contributed by atoms with Gasteiger partial charge in [-0.25, -0.2) is 4.98 Å². The van der Waals surface area contributed by atoms with Crippen LogP contribution in [0.2, 0.25) is 0 Å². The van der Waals surface area contributed by atoms with Gasteiger partial charge in [-0.2, -0.15) is 0 Å². The average molecular weight is 286 g/mol. The molecule has 0 aliphatic heterocycles. The number of methoxy groups -OCH3 is 1. The molecule has 1 heterocycles. The number of hydrogen-bond acceptors (Lipinski definition) is 3. The summed E-state index contributed by atoms with van der Waals surface area (Å²) in [7, 11) is 1.58. The summed E-state index contributed by atoms with van der Waals surface area (Å²) >= 11 is 0. The molecule has 21 heavy (non-hydrogen) atoms. The molecule has 4 heteroatoms. The molecule has 0 saturated heterocycles. The number of amides is 1. The topological polar surface area (TPSA) is 51.2 Å². The maximum Gasteiger partial charge on any atom is 0.253 e. The Bertz CT molecular complexity index is 517. The molecule has 0 spiro atoms. The van der Waals surface area contributed by atoms with Gasteiger partial charge in [-0.1, -0.05) is 0 Å². The number of ether oxygens (including phenoxy) is 1. The van der Waals surface area contributed by atoms with Crippen LogP contribution in [0.3, 0.4) is 0 Å². The number of carbonyl (C=O) groups excluding carboxylic acids is 1. The Morgan fingerprint density at radius 1 is 1.19 bits per heavy atom. The lowest BCUT2D eigenvalue weighted by molar-refractivity contribution is -0.0167. The van der Waals surface area contributed by atoms with Crippen molar-refractivity contribution in [1.29, 1.82) is 0 Å². The predicted octanol–water partition coefficient (Wildman–Crippen LogP) is 2.79. The van der Waals surface area contributed by atoms with E-state index in [0.29, 0.717) is 11.4 Å². The van der Waals surface area contributed by atoms with Gasteiger partial charge in [-0.05, 0) is 62.3 Å². The summed E-state index contributed by atoms with van der Waals surface area (Å²) < 4.78 is 5.04. The molecule has 1 aromatic heterocycles. The number of nitrogens with one attached hydrogen (secondary N) is 1. The molecule has 4 aliphatic rings. The average Bonchev–Trinajstić information content (AvgIpc) is 2.45. The van der Waals surface area contributed by atoms with E-state index in [9.17, 15) is 4.79 Å². The van der Waals surface area contributed by atoms with E-state index in [1.165, 1.54) is 38.5 Å². The van der Waals surface area contributed by atoms with Crippen LogP contribution in [0.25, 0.3) is 0 Å². The number of carbonyl (C=O) groups is 1. The van der Waals surface area contributed by atoms with Crippen LogP contribution in [-0.4, -0.2) is 23.5 Å². The van der Waals surface area contributed by atoms with Crippen molar-refractivity contribution < 1.29 is 9.53 Å². The van der Waals surface area contributed by atoms with Crippen molar-refractivity contribution in [3.8, 4) is 5.88 Å². The van der Waals surface area contributed by atoms with Crippen LogP contribution in [0, 0.1) is 17.8 Å². The monoisotopic (exact) mass is 286 g/mol. The summed E-state index contributed by atoms with van der Waals surface area (Å²) in [4.78, 5) is 16.7. The molecule has 0 unspecified atom stereocenters. The van der Waals surface area contributed by atoms with Gasteiger partial charge in [-0.3, -0.25) is 4.79 Å². The van der Waals surface area contributed by atoms with Gasteiger partial charge in [0.05, 0.1) is 12.7 Å². The first-order valence-electron chi connectivity index (χ1n) is 7.98. The zero-order valence-corrected chi connectivity index (χ0v) is 12.5. The minimum absolute atomic E-state index is 0.0205. The summed E-state index contributed by atoms with van der Waals surface area (Å²) in [5.74, 6) is 3.08. The molecular formula is C17H22N2O2. The molecule has 4 nitrogen and oxygen atoms in total. The van der Waals surface area contributed by atoms with Crippen molar-refractivity contribution in [2.75, 3.05) is 7.11 Å². The van der Waals surface area contributed by atoms with E-state index in [1.54, 1.807) is 25.4 Å². The maximum atomic E-state index is 12.5. The minimum Gasteiger partial charge on any atom is -0.481 e. The van der Waals surface area contributed by atoms with E-state index in [-0.39, 0.29) is 11.4 Å². The highest BCUT2D eigenvalue weighted by Crippen LogP contribution is 2.55. The highest BCUT2D eigenvalue weighted by atomic mass is 16.5. The fourth-order valence-corrected chi connectivity index (χ4v) is 5.21. The van der Waals surface area contributed by atoms with E-state index in [4.69, 9.17) is 4.74 Å². The Balaban J connectivity index is 1.51. The lowest BCUT2D eigenvalue weighted by atomic mass is 9.53. The first kappa shape index (κ1) is 13.1. The van der Waals surface area contributed by atoms with Crippen molar-refractivity contribution in [2.45, 2.75) is 44.1 Å². The first-order chi connectivity index (χ1) is 10.2. The zero-order chi connectivity index (χ0) is 14.4. The molecule has 0 atom stereocenters. The third-order valence-electron chi connectivity index (χ3n) is 5.62. The fraction of sp³-hybridized carbons (Fsp3) is 0.647. The third kappa shape index (κ3) is 2.30. The van der Waals surface area contributed by atoms with E-state index in [2.05, 4.69) is 10.3 Å². The Labute approximate surface area is 125 Å². The van der Waals surface area contributed by atoms with Crippen molar-refractivity contribution >= 4 is 5.91 Å². The molecule has 4 saturated carbocycles. The number of hydrogen-bond donors (Lipinski definition) is 1. The summed E-state index contributed by atoms with van der Waals surface area (Å²) in [6, 6.07) is 3.54. The zero-order valence-electron chi connectivity index (χ0n) is 12.5.